The number of rotatable bonds is 4. The molecule has 15 rings (SSSR count). The molecule has 76 heavy (non-hydrogen) atoms. The molecule has 0 bridgehead atoms. The third-order valence-electron chi connectivity index (χ3n) is 18.9. The summed E-state index contributed by atoms with van der Waals surface area (Å²) in [4.78, 5) is 5.39. The number of para-hydroxylation sites is 2. The van der Waals surface area contributed by atoms with Crippen molar-refractivity contribution in [1.82, 2.24) is 0 Å². The topological polar surface area (TPSA) is 19.6 Å². The van der Waals surface area contributed by atoms with E-state index < -0.39 is 5.41 Å². The Balaban J connectivity index is 1.16. The number of anilines is 5. The first-order valence-electron chi connectivity index (χ1n) is 27.7. The lowest BCUT2D eigenvalue weighted by atomic mass is 9.41. The zero-order valence-corrected chi connectivity index (χ0v) is 45.3. The molecule has 0 saturated heterocycles. The van der Waals surface area contributed by atoms with Crippen molar-refractivity contribution in [1.29, 1.82) is 0 Å². The fourth-order valence-corrected chi connectivity index (χ4v) is 15.1. The third-order valence-corrected chi connectivity index (χ3v) is 18.9. The number of furan rings is 1. The predicted molar refractivity (Wildman–Crippen MR) is 319 cm³/mol. The van der Waals surface area contributed by atoms with Crippen molar-refractivity contribution in [3.63, 3.8) is 0 Å². The van der Waals surface area contributed by atoms with Gasteiger partial charge in [-0.05, 0) is 143 Å². The van der Waals surface area contributed by atoms with Gasteiger partial charge in [-0.2, -0.15) is 0 Å². The lowest BCUT2D eigenvalue weighted by Gasteiger charge is -2.53. The Bertz CT molecular complexity index is 4040. The Hall–Kier alpha value is -7.82. The third kappa shape index (κ3) is 5.91. The van der Waals surface area contributed by atoms with Crippen molar-refractivity contribution in [3.05, 3.63) is 244 Å². The molecule has 0 unspecified atom stereocenters. The van der Waals surface area contributed by atoms with Gasteiger partial charge < -0.3 is 9.23 Å². The monoisotopic (exact) mass is 983 g/mol. The second kappa shape index (κ2) is 15.4. The van der Waals surface area contributed by atoms with Crippen LogP contribution in [0.5, 0.6) is 0 Å². The van der Waals surface area contributed by atoms with Gasteiger partial charge in [-0.25, -0.2) is 0 Å². The molecule has 0 amide bonds. The van der Waals surface area contributed by atoms with Crippen LogP contribution >= 0.6 is 0 Å². The van der Waals surface area contributed by atoms with E-state index in [9.17, 15) is 0 Å². The van der Waals surface area contributed by atoms with Crippen molar-refractivity contribution >= 4 is 57.4 Å². The normalized spacial score (nSPS) is 17.2. The second-order valence-corrected chi connectivity index (χ2v) is 25.4. The van der Waals surface area contributed by atoms with Gasteiger partial charge in [-0.3, -0.25) is 4.90 Å². The second-order valence-electron chi connectivity index (χ2n) is 25.4. The van der Waals surface area contributed by atoms with Crippen molar-refractivity contribution in [2.24, 2.45) is 0 Å². The van der Waals surface area contributed by atoms with Crippen LogP contribution in [0.15, 0.2) is 199 Å². The Labute approximate surface area is 449 Å². The average Bonchev–Trinajstić information content (AvgIpc) is 4.07. The van der Waals surface area contributed by atoms with E-state index in [-0.39, 0.29) is 28.5 Å². The highest BCUT2D eigenvalue weighted by Gasteiger charge is 2.57. The number of hydrogen-bond acceptors (Lipinski definition) is 3. The molecule has 370 valence electrons. The van der Waals surface area contributed by atoms with Gasteiger partial charge in [0.05, 0.1) is 16.8 Å². The Morgan fingerprint density at radius 3 is 1.74 bits per heavy atom. The van der Waals surface area contributed by atoms with Crippen LogP contribution in [0.3, 0.4) is 0 Å². The predicted octanol–water partition coefficient (Wildman–Crippen LogP) is 17.5. The molecule has 4 heteroatoms. The minimum Gasteiger partial charge on any atom is -0.440 e. The van der Waals surface area contributed by atoms with E-state index in [0.717, 1.165) is 30.0 Å². The summed E-state index contributed by atoms with van der Waals surface area (Å²) in [5.74, 6) is 0.902. The van der Waals surface area contributed by atoms with Gasteiger partial charge in [0.25, 0.3) is 0 Å². The van der Waals surface area contributed by atoms with Gasteiger partial charge in [0.2, 0.25) is 5.88 Å². The molecule has 3 aliphatic heterocycles. The van der Waals surface area contributed by atoms with Gasteiger partial charge in [0, 0.05) is 38.8 Å². The zero-order valence-electron chi connectivity index (χ0n) is 45.3. The lowest BCUT2D eigenvalue weighted by molar-refractivity contribution is 0.332. The summed E-state index contributed by atoms with van der Waals surface area (Å²) in [5.41, 5.74) is 26.7. The van der Waals surface area contributed by atoms with Crippen LogP contribution in [0.2, 0.25) is 0 Å². The van der Waals surface area contributed by atoms with Crippen molar-refractivity contribution in [2.45, 2.75) is 102 Å². The van der Waals surface area contributed by atoms with Gasteiger partial charge in [0.15, 0.2) is 0 Å². The molecular formula is C72H63BN2O. The molecule has 2 aliphatic carbocycles. The highest BCUT2D eigenvalue weighted by Crippen LogP contribution is 2.64. The molecule has 9 aromatic carbocycles. The lowest BCUT2D eigenvalue weighted by Crippen LogP contribution is -2.63. The fourth-order valence-electron chi connectivity index (χ4n) is 15.1. The van der Waals surface area contributed by atoms with Crippen LogP contribution in [0, 0.1) is 0 Å². The van der Waals surface area contributed by atoms with E-state index in [1.807, 2.05) is 0 Å². The van der Waals surface area contributed by atoms with Gasteiger partial charge in [-0.15, -0.1) is 0 Å². The van der Waals surface area contributed by atoms with E-state index in [2.05, 4.69) is 266 Å². The molecule has 10 aromatic rings. The summed E-state index contributed by atoms with van der Waals surface area (Å²) >= 11 is 0. The summed E-state index contributed by atoms with van der Waals surface area (Å²) in [6.45, 7) is 21.4. The number of benzene rings is 9. The minimum atomic E-state index is -0.622. The molecule has 0 atom stereocenters. The zero-order chi connectivity index (χ0) is 51.8. The SMILES string of the molecule is CC(C)(C)c1ccc(N2c3oc4cc5c(cc4c3B3c4c(cc6c(c42)C(C)(C)c2ccccc2-6)-c2cccc4c2N3c2ccccc2C4(c2ccccc2)c2ccccc2)C(C)(C)CCC5(C)C)c(-c2ccccc2)c1. The first-order chi connectivity index (χ1) is 36.6. The Morgan fingerprint density at radius 1 is 0.461 bits per heavy atom. The molecule has 5 aliphatic rings. The number of nitrogens with zero attached hydrogens (tertiary/aromatic N) is 2. The maximum Gasteiger partial charge on any atom is 0.337 e. The minimum absolute atomic E-state index is 0.00918. The van der Waals surface area contributed by atoms with E-state index in [1.54, 1.807) is 0 Å². The summed E-state index contributed by atoms with van der Waals surface area (Å²) in [5, 5.41) is 1.20. The first-order valence-corrected chi connectivity index (χ1v) is 27.7. The fraction of sp³-hybridized carbons (Fsp3) is 0.222. The van der Waals surface area contributed by atoms with Gasteiger partial charge in [0.1, 0.15) is 5.58 Å². The maximum atomic E-state index is 7.93. The van der Waals surface area contributed by atoms with E-state index in [4.69, 9.17) is 4.42 Å². The average molecular weight is 983 g/mol. The maximum absolute atomic E-state index is 7.93. The summed E-state index contributed by atoms with van der Waals surface area (Å²) in [6.07, 6.45) is 2.25. The van der Waals surface area contributed by atoms with Crippen LogP contribution < -0.4 is 20.6 Å². The molecule has 0 radical (unpaired) electrons. The summed E-state index contributed by atoms with van der Waals surface area (Å²) in [7, 11) is 0. The first kappa shape index (κ1) is 45.6. The summed E-state index contributed by atoms with van der Waals surface area (Å²) < 4.78 is 7.93. The van der Waals surface area contributed by atoms with Crippen molar-refractivity contribution in [2.75, 3.05) is 9.71 Å². The molecule has 3 nitrogen and oxygen atoms in total. The summed E-state index contributed by atoms with van der Waals surface area (Å²) in [6, 6.07) is 74.3. The van der Waals surface area contributed by atoms with Gasteiger partial charge in [-0.1, -0.05) is 220 Å². The quantitative estimate of drug-likeness (QED) is 0.164. The van der Waals surface area contributed by atoms with Gasteiger partial charge >= 0.3 is 6.85 Å². The highest BCUT2D eigenvalue weighted by atomic mass is 16.4. The van der Waals surface area contributed by atoms with Crippen LogP contribution in [0.25, 0.3) is 44.3 Å². The molecule has 0 saturated carbocycles. The van der Waals surface area contributed by atoms with Crippen molar-refractivity contribution in [3.8, 4) is 33.4 Å². The van der Waals surface area contributed by atoms with E-state index >= 15 is 0 Å². The Morgan fingerprint density at radius 2 is 1.05 bits per heavy atom. The Kier molecular flexibility index (Phi) is 9.24. The highest BCUT2D eigenvalue weighted by molar-refractivity contribution is 6.95. The molecule has 1 aromatic heterocycles. The van der Waals surface area contributed by atoms with Crippen LogP contribution in [-0.4, -0.2) is 6.85 Å². The van der Waals surface area contributed by atoms with Crippen LogP contribution in [0.4, 0.5) is 28.6 Å². The van der Waals surface area contributed by atoms with E-state index in [0.29, 0.717) is 0 Å². The molecule has 0 fully saturated rings. The largest absolute Gasteiger partial charge is 0.440 e. The molecular weight excluding hydrogens is 920 g/mol. The molecule has 0 spiro atoms. The van der Waals surface area contributed by atoms with Crippen LogP contribution in [0.1, 0.15) is 125 Å². The number of hydrogen-bond donors (Lipinski definition) is 0. The smallest absolute Gasteiger partial charge is 0.337 e. The van der Waals surface area contributed by atoms with Crippen molar-refractivity contribution < 1.29 is 4.42 Å². The van der Waals surface area contributed by atoms with Crippen LogP contribution in [-0.2, 0) is 27.1 Å². The molecule has 0 N–H and O–H groups in total. The molecule has 4 heterocycles. The van der Waals surface area contributed by atoms with E-state index in [1.165, 1.54) is 117 Å². The number of fused-ring (bicyclic) bond motifs is 13. The standard InChI is InChI=1S/C72H63BN2O/c1-68(2,3)47-36-37-59(50(40-47)44-24-13-10-14-25-44)74-66-62-51(48-30-19-20-32-54(48)71(62,8)9)41-52-49-31-23-34-56-65(49)75(60-35-22-21-33-55(60)72(56,45-26-15-11-16-27-45)46-28-17-12-18-29-46)73(63(52)66)64-53-42-57-58(43-61(53)76-67(64)74)70(6,7)39-38-69(57,4)5/h10-37,40-43H,38-39H2,1-9H3.